The van der Waals surface area contributed by atoms with Crippen LogP contribution in [-0.2, 0) is 13.0 Å². The molecule has 3 nitrogen and oxygen atoms in total. The van der Waals surface area contributed by atoms with E-state index >= 15 is 0 Å². The number of nitrogens with zero attached hydrogens (tertiary/aromatic N) is 3. The Hall–Kier alpha value is -0.860. The minimum Gasteiger partial charge on any atom is -0.249 e. The summed E-state index contributed by atoms with van der Waals surface area (Å²) < 4.78 is 2.12. The van der Waals surface area contributed by atoms with E-state index in [1.807, 2.05) is 6.20 Å². The first kappa shape index (κ1) is 18.2. The van der Waals surface area contributed by atoms with Gasteiger partial charge >= 0.3 is 0 Å². The molecule has 0 saturated carbocycles. The van der Waals surface area contributed by atoms with E-state index in [-0.39, 0.29) is 0 Å². The molecule has 1 rings (SSSR count). The lowest BCUT2D eigenvalue weighted by atomic mass is 10.0. The number of aryl methyl sites for hydroxylation is 2. The topological polar surface area (TPSA) is 30.7 Å². The van der Waals surface area contributed by atoms with Crippen LogP contribution in [0.25, 0.3) is 0 Å². The lowest BCUT2D eigenvalue weighted by Gasteiger charge is -2.08. The van der Waals surface area contributed by atoms with Gasteiger partial charge in [-0.25, -0.2) is 4.68 Å². The fraction of sp³-hybridized carbons (Fsp3) is 0.889. The van der Waals surface area contributed by atoms with E-state index in [2.05, 4.69) is 42.7 Å². The molecule has 1 heterocycles. The lowest BCUT2D eigenvalue weighted by Crippen LogP contribution is -2.05. The highest BCUT2D eigenvalue weighted by Gasteiger charge is 2.04. The van der Waals surface area contributed by atoms with Gasteiger partial charge in [-0.15, -0.1) is 5.10 Å². The molecule has 0 spiro atoms. The molecule has 0 aliphatic rings. The van der Waals surface area contributed by atoms with Crippen molar-refractivity contribution in [3.63, 3.8) is 0 Å². The summed E-state index contributed by atoms with van der Waals surface area (Å²) in [6.07, 6.45) is 13.6. The predicted octanol–water partition coefficient (Wildman–Crippen LogP) is 5.25. The number of hydrogen-bond acceptors (Lipinski definition) is 2. The summed E-state index contributed by atoms with van der Waals surface area (Å²) in [5, 5.41) is 8.33. The maximum atomic E-state index is 4.24. The third-order valence-electron chi connectivity index (χ3n) is 4.06. The van der Waals surface area contributed by atoms with E-state index in [1.165, 1.54) is 57.1 Å². The molecule has 0 aromatic carbocycles. The van der Waals surface area contributed by atoms with E-state index < -0.39 is 0 Å². The molecule has 1 aromatic rings. The van der Waals surface area contributed by atoms with Crippen LogP contribution in [0.15, 0.2) is 6.20 Å². The molecule has 0 fully saturated rings. The van der Waals surface area contributed by atoms with Gasteiger partial charge in [0.25, 0.3) is 0 Å². The van der Waals surface area contributed by atoms with Crippen LogP contribution in [-0.4, -0.2) is 15.0 Å². The summed E-state index contributed by atoms with van der Waals surface area (Å²) in [6.45, 7) is 10.2. The average molecular weight is 293 g/mol. The largest absolute Gasteiger partial charge is 0.249 e. The van der Waals surface area contributed by atoms with Crippen LogP contribution < -0.4 is 0 Å². The highest BCUT2D eigenvalue weighted by atomic mass is 15.4. The van der Waals surface area contributed by atoms with Crippen molar-refractivity contribution in [3.8, 4) is 0 Å². The zero-order valence-corrected chi connectivity index (χ0v) is 14.6. The summed E-state index contributed by atoms with van der Waals surface area (Å²) >= 11 is 0. The maximum Gasteiger partial charge on any atom is 0.0725 e. The zero-order valence-electron chi connectivity index (χ0n) is 14.6. The Kier molecular flexibility index (Phi) is 9.36. The van der Waals surface area contributed by atoms with Gasteiger partial charge in [0.1, 0.15) is 0 Å². The minimum absolute atomic E-state index is 0.831. The van der Waals surface area contributed by atoms with Crippen LogP contribution in [0, 0.1) is 11.8 Å². The number of hydrogen-bond donors (Lipinski definition) is 0. The van der Waals surface area contributed by atoms with Crippen molar-refractivity contribution in [1.29, 1.82) is 0 Å². The fourth-order valence-corrected chi connectivity index (χ4v) is 2.69. The minimum atomic E-state index is 0.831. The van der Waals surface area contributed by atoms with E-state index in [0.29, 0.717) is 0 Å². The standard InChI is InChI=1S/C18H35N3/c1-16(2)11-7-5-9-13-18-15-19-20-21(18)14-10-6-8-12-17(3)4/h15-17H,5-14H2,1-4H3. The second-order valence-electron chi connectivity index (χ2n) is 7.18. The molecule has 21 heavy (non-hydrogen) atoms. The van der Waals surface area contributed by atoms with Gasteiger partial charge in [-0.05, 0) is 31.1 Å². The maximum absolute atomic E-state index is 4.24. The van der Waals surface area contributed by atoms with Crippen LogP contribution in [0.1, 0.15) is 84.8 Å². The van der Waals surface area contributed by atoms with Gasteiger partial charge in [0.2, 0.25) is 0 Å². The first-order valence-electron chi connectivity index (χ1n) is 8.97. The number of rotatable bonds is 12. The second-order valence-corrected chi connectivity index (χ2v) is 7.18. The summed E-state index contributed by atoms with van der Waals surface area (Å²) in [5.74, 6) is 1.67. The molecule has 0 N–H and O–H groups in total. The Morgan fingerprint density at radius 2 is 1.48 bits per heavy atom. The molecule has 0 amide bonds. The highest BCUT2D eigenvalue weighted by Crippen LogP contribution is 2.12. The van der Waals surface area contributed by atoms with Crippen molar-refractivity contribution >= 4 is 0 Å². The van der Waals surface area contributed by atoms with Gasteiger partial charge in [0, 0.05) is 6.54 Å². The van der Waals surface area contributed by atoms with E-state index in [9.17, 15) is 0 Å². The van der Waals surface area contributed by atoms with Gasteiger partial charge in [-0.2, -0.15) is 0 Å². The summed E-state index contributed by atoms with van der Waals surface area (Å²) in [4.78, 5) is 0. The predicted molar refractivity (Wildman–Crippen MR) is 90.3 cm³/mol. The molecule has 1 aromatic heterocycles. The molecule has 0 atom stereocenters. The molecule has 122 valence electrons. The Labute approximate surface area is 131 Å². The zero-order chi connectivity index (χ0) is 15.5. The molecule has 3 heteroatoms. The first-order chi connectivity index (χ1) is 10.1. The third-order valence-corrected chi connectivity index (χ3v) is 4.06. The average Bonchev–Trinajstić information content (AvgIpc) is 2.85. The van der Waals surface area contributed by atoms with Gasteiger partial charge < -0.3 is 0 Å². The molecule has 0 radical (unpaired) electrons. The van der Waals surface area contributed by atoms with Crippen molar-refractivity contribution in [2.24, 2.45) is 11.8 Å². The van der Waals surface area contributed by atoms with Crippen molar-refractivity contribution in [2.75, 3.05) is 0 Å². The summed E-state index contributed by atoms with van der Waals surface area (Å²) in [7, 11) is 0. The second kappa shape index (κ2) is 10.8. The number of unbranched alkanes of at least 4 members (excludes halogenated alkanes) is 4. The molecule has 0 saturated heterocycles. The van der Waals surface area contributed by atoms with Crippen LogP contribution >= 0.6 is 0 Å². The molecule has 0 bridgehead atoms. The Bertz CT molecular complexity index is 323. The van der Waals surface area contributed by atoms with Crippen LogP contribution in [0.5, 0.6) is 0 Å². The molecule has 0 aliphatic carbocycles. The van der Waals surface area contributed by atoms with Crippen LogP contribution in [0.4, 0.5) is 0 Å². The molecular formula is C18H35N3. The monoisotopic (exact) mass is 293 g/mol. The Morgan fingerprint density at radius 3 is 2.10 bits per heavy atom. The van der Waals surface area contributed by atoms with Crippen molar-refractivity contribution in [1.82, 2.24) is 15.0 Å². The molecule has 0 unspecified atom stereocenters. The first-order valence-corrected chi connectivity index (χ1v) is 8.97. The van der Waals surface area contributed by atoms with Crippen LogP contribution in [0.3, 0.4) is 0 Å². The summed E-state index contributed by atoms with van der Waals surface area (Å²) in [5.41, 5.74) is 1.32. The summed E-state index contributed by atoms with van der Waals surface area (Å²) in [6, 6.07) is 0. The van der Waals surface area contributed by atoms with Gasteiger partial charge in [-0.3, -0.25) is 0 Å². The smallest absolute Gasteiger partial charge is 0.0725 e. The van der Waals surface area contributed by atoms with Gasteiger partial charge in [-0.1, -0.05) is 71.4 Å². The van der Waals surface area contributed by atoms with E-state index in [4.69, 9.17) is 0 Å². The normalized spacial score (nSPS) is 11.7. The fourth-order valence-electron chi connectivity index (χ4n) is 2.69. The number of aromatic nitrogens is 3. The van der Waals surface area contributed by atoms with Crippen LogP contribution in [0.2, 0.25) is 0 Å². The van der Waals surface area contributed by atoms with Crippen molar-refractivity contribution in [3.05, 3.63) is 11.9 Å². The van der Waals surface area contributed by atoms with Gasteiger partial charge in [0.05, 0.1) is 11.9 Å². The Balaban J connectivity index is 2.14. The quantitative estimate of drug-likeness (QED) is 0.492. The lowest BCUT2D eigenvalue weighted by molar-refractivity contribution is 0.475. The highest BCUT2D eigenvalue weighted by molar-refractivity contribution is 4.93. The molecule has 0 aliphatic heterocycles. The SMILES string of the molecule is CC(C)CCCCCc1cnnn1CCCCCC(C)C. The van der Waals surface area contributed by atoms with E-state index in [0.717, 1.165) is 24.8 Å². The molecular weight excluding hydrogens is 258 g/mol. The van der Waals surface area contributed by atoms with E-state index in [1.54, 1.807) is 0 Å². The Morgan fingerprint density at radius 1 is 0.857 bits per heavy atom. The van der Waals surface area contributed by atoms with Crippen molar-refractivity contribution < 1.29 is 0 Å². The van der Waals surface area contributed by atoms with Gasteiger partial charge in [0.15, 0.2) is 0 Å². The third kappa shape index (κ3) is 8.90. The van der Waals surface area contributed by atoms with Crippen molar-refractivity contribution in [2.45, 2.75) is 92.0 Å².